The van der Waals surface area contributed by atoms with Crippen LogP contribution in [0, 0.1) is 5.41 Å². The predicted molar refractivity (Wildman–Crippen MR) is 62.4 cm³/mol. The van der Waals surface area contributed by atoms with Crippen LogP contribution in [0.25, 0.3) is 0 Å². The van der Waals surface area contributed by atoms with E-state index in [0.29, 0.717) is 17.1 Å². The molecule has 0 aliphatic heterocycles. The van der Waals surface area contributed by atoms with Gasteiger partial charge < -0.3 is 0 Å². The Morgan fingerprint density at radius 1 is 1.33 bits per heavy atom. The second-order valence-electron chi connectivity index (χ2n) is 4.43. The minimum Gasteiger partial charge on any atom is -0.299 e. The van der Waals surface area contributed by atoms with E-state index in [9.17, 15) is 4.79 Å². The summed E-state index contributed by atoms with van der Waals surface area (Å²) in [5, 5.41) is 0.652. The zero-order valence-electron chi connectivity index (χ0n) is 8.97. The van der Waals surface area contributed by atoms with Gasteiger partial charge in [-0.2, -0.15) is 0 Å². The van der Waals surface area contributed by atoms with Gasteiger partial charge in [0.1, 0.15) is 10.9 Å². The first kappa shape index (κ1) is 12.5. The summed E-state index contributed by atoms with van der Waals surface area (Å²) in [6.45, 7) is 5.65. The van der Waals surface area contributed by atoms with Gasteiger partial charge in [0.2, 0.25) is 0 Å². The van der Waals surface area contributed by atoms with Crippen LogP contribution < -0.4 is 0 Å². The molecule has 0 aliphatic carbocycles. The highest BCUT2D eigenvalue weighted by molar-refractivity contribution is 6.41. The number of hydrogen-bond donors (Lipinski definition) is 0. The molecule has 0 fully saturated rings. The van der Waals surface area contributed by atoms with E-state index in [2.05, 4.69) is 4.98 Å². The van der Waals surface area contributed by atoms with E-state index >= 15 is 0 Å². The molecule has 1 rings (SSSR count). The van der Waals surface area contributed by atoms with Crippen LogP contribution in [0.4, 0.5) is 0 Å². The number of rotatable bonds is 2. The standard InChI is InChI=1S/C11H13Cl2NO/c1-11(2,3)9(15)6-7-4-5-8(12)10(13)14-7/h4-5H,6H2,1-3H3. The summed E-state index contributed by atoms with van der Waals surface area (Å²) in [5.74, 6) is 0.133. The number of ketones is 1. The van der Waals surface area contributed by atoms with Gasteiger partial charge in [-0.3, -0.25) is 4.79 Å². The van der Waals surface area contributed by atoms with Crippen molar-refractivity contribution in [3.05, 3.63) is 28.0 Å². The lowest BCUT2D eigenvalue weighted by Crippen LogP contribution is -2.22. The third-order valence-corrected chi connectivity index (χ3v) is 2.73. The highest BCUT2D eigenvalue weighted by Gasteiger charge is 2.21. The van der Waals surface area contributed by atoms with Crippen molar-refractivity contribution in [2.45, 2.75) is 27.2 Å². The van der Waals surface area contributed by atoms with Crippen LogP contribution in [0.5, 0.6) is 0 Å². The molecule has 0 N–H and O–H groups in total. The third kappa shape index (κ3) is 3.47. The van der Waals surface area contributed by atoms with Crippen molar-refractivity contribution < 1.29 is 4.79 Å². The molecule has 82 valence electrons. The van der Waals surface area contributed by atoms with Crippen molar-refractivity contribution in [1.82, 2.24) is 4.98 Å². The van der Waals surface area contributed by atoms with Crippen molar-refractivity contribution in [3.63, 3.8) is 0 Å². The Labute approximate surface area is 99.6 Å². The fraction of sp³-hybridized carbons (Fsp3) is 0.455. The molecule has 0 amide bonds. The lowest BCUT2D eigenvalue weighted by atomic mass is 9.88. The highest BCUT2D eigenvalue weighted by atomic mass is 35.5. The summed E-state index contributed by atoms with van der Waals surface area (Å²) in [6, 6.07) is 3.38. The van der Waals surface area contributed by atoms with Crippen LogP contribution in [0.15, 0.2) is 12.1 Å². The Hall–Kier alpha value is -0.600. The van der Waals surface area contributed by atoms with Crippen molar-refractivity contribution in [1.29, 1.82) is 0 Å². The molecule has 0 unspecified atom stereocenters. The molecule has 1 aromatic heterocycles. The molecule has 1 aromatic rings. The van der Waals surface area contributed by atoms with E-state index in [0.717, 1.165) is 0 Å². The maximum atomic E-state index is 11.7. The number of carbonyl (C=O) groups is 1. The minimum absolute atomic E-state index is 0.133. The predicted octanol–water partition coefficient (Wildman–Crippen LogP) is 3.55. The first-order chi connectivity index (χ1) is 6.80. The molecular weight excluding hydrogens is 233 g/mol. The molecule has 0 atom stereocenters. The lowest BCUT2D eigenvalue weighted by Gasteiger charge is -2.16. The van der Waals surface area contributed by atoms with E-state index in [1.807, 2.05) is 20.8 Å². The molecule has 0 aliphatic rings. The van der Waals surface area contributed by atoms with Gasteiger partial charge in [-0.15, -0.1) is 0 Å². The van der Waals surface area contributed by atoms with Crippen molar-refractivity contribution in [3.8, 4) is 0 Å². The molecule has 4 heteroatoms. The van der Waals surface area contributed by atoms with Gasteiger partial charge in [0.25, 0.3) is 0 Å². The Morgan fingerprint density at radius 2 is 1.93 bits per heavy atom. The van der Waals surface area contributed by atoms with Crippen molar-refractivity contribution >= 4 is 29.0 Å². The SMILES string of the molecule is CC(C)(C)C(=O)Cc1ccc(Cl)c(Cl)n1. The molecule has 0 aromatic carbocycles. The molecule has 0 bridgehead atoms. The van der Waals surface area contributed by atoms with Gasteiger partial charge in [-0.05, 0) is 12.1 Å². The van der Waals surface area contributed by atoms with Crippen molar-refractivity contribution in [2.24, 2.45) is 5.41 Å². The van der Waals surface area contributed by atoms with Crippen LogP contribution in [-0.4, -0.2) is 10.8 Å². The van der Waals surface area contributed by atoms with E-state index in [4.69, 9.17) is 23.2 Å². The molecule has 15 heavy (non-hydrogen) atoms. The highest BCUT2D eigenvalue weighted by Crippen LogP contribution is 2.21. The van der Waals surface area contributed by atoms with Gasteiger partial charge in [-0.1, -0.05) is 44.0 Å². The number of pyridine rings is 1. The molecule has 0 saturated carbocycles. The van der Waals surface area contributed by atoms with Crippen LogP contribution in [0.2, 0.25) is 10.2 Å². The Bertz CT molecular complexity index is 383. The summed E-state index contributed by atoms with van der Waals surface area (Å²) in [4.78, 5) is 15.8. The maximum absolute atomic E-state index is 11.7. The fourth-order valence-electron chi connectivity index (χ4n) is 0.983. The average molecular weight is 246 g/mol. The van der Waals surface area contributed by atoms with Crippen molar-refractivity contribution in [2.75, 3.05) is 0 Å². The zero-order chi connectivity index (χ0) is 11.6. The van der Waals surface area contributed by atoms with E-state index in [-0.39, 0.29) is 16.4 Å². The van der Waals surface area contributed by atoms with Crippen LogP contribution in [0.1, 0.15) is 26.5 Å². The van der Waals surface area contributed by atoms with Gasteiger partial charge >= 0.3 is 0 Å². The topological polar surface area (TPSA) is 30.0 Å². The normalized spacial score (nSPS) is 11.5. The van der Waals surface area contributed by atoms with Gasteiger partial charge in [0.15, 0.2) is 0 Å². The zero-order valence-corrected chi connectivity index (χ0v) is 10.5. The summed E-state index contributed by atoms with van der Waals surface area (Å²) in [5.41, 5.74) is 0.303. The number of carbonyl (C=O) groups excluding carboxylic acids is 1. The number of Topliss-reactive ketones (excluding diaryl/α,β-unsaturated/α-hetero) is 1. The Morgan fingerprint density at radius 3 is 2.40 bits per heavy atom. The van der Waals surface area contributed by atoms with E-state index < -0.39 is 0 Å². The van der Waals surface area contributed by atoms with Gasteiger partial charge in [0.05, 0.1) is 5.02 Å². The number of nitrogens with zero attached hydrogens (tertiary/aromatic N) is 1. The van der Waals surface area contributed by atoms with Crippen LogP contribution in [-0.2, 0) is 11.2 Å². The summed E-state index contributed by atoms with van der Waals surface area (Å²) in [6.07, 6.45) is 0.292. The monoisotopic (exact) mass is 245 g/mol. The minimum atomic E-state index is -0.353. The van der Waals surface area contributed by atoms with Gasteiger partial charge in [-0.25, -0.2) is 4.98 Å². The van der Waals surface area contributed by atoms with E-state index in [1.54, 1.807) is 12.1 Å². The molecule has 2 nitrogen and oxygen atoms in total. The van der Waals surface area contributed by atoms with Crippen LogP contribution in [0.3, 0.4) is 0 Å². The average Bonchev–Trinajstić information content (AvgIpc) is 2.10. The molecule has 1 heterocycles. The largest absolute Gasteiger partial charge is 0.299 e. The summed E-state index contributed by atoms with van der Waals surface area (Å²) < 4.78 is 0. The number of hydrogen-bond acceptors (Lipinski definition) is 2. The summed E-state index contributed by atoms with van der Waals surface area (Å²) in [7, 11) is 0. The Balaban J connectivity index is 2.83. The number of halogens is 2. The number of aromatic nitrogens is 1. The molecule has 0 saturated heterocycles. The first-order valence-corrected chi connectivity index (χ1v) is 5.40. The second kappa shape index (κ2) is 4.50. The molecular formula is C11H13Cl2NO. The maximum Gasteiger partial charge on any atom is 0.147 e. The quantitative estimate of drug-likeness (QED) is 0.747. The Kier molecular flexibility index (Phi) is 3.74. The summed E-state index contributed by atoms with van der Waals surface area (Å²) >= 11 is 11.5. The van der Waals surface area contributed by atoms with Gasteiger partial charge in [0, 0.05) is 17.5 Å². The van der Waals surface area contributed by atoms with E-state index in [1.165, 1.54) is 0 Å². The first-order valence-electron chi connectivity index (χ1n) is 4.65. The lowest BCUT2D eigenvalue weighted by molar-refractivity contribution is -0.125. The molecule has 0 radical (unpaired) electrons. The molecule has 0 spiro atoms. The fourth-order valence-corrected chi connectivity index (χ4v) is 1.26. The third-order valence-electron chi connectivity index (χ3n) is 2.04. The van der Waals surface area contributed by atoms with Crippen LogP contribution >= 0.6 is 23.2 Å². The second-order valence-corrected chi connectivity index (χ2v) is 5.19. The smallest absolute Gasteiger partial charge is 0.147 e.